The van der Waals surface area contributed by atoms with Crippen LogP contribution in [0.25, 0.3) is 0 Å². The third-order valence-electron chi connectivity index (χ3n) is 2.80. The zero-order chi connectivity index (χ0) is 12.8. The quantitative estimate of drug-likeness (QED) is 0.802. The van der Waals surface area contributed by atoms with E-state index in [0.717, 1.165) is 5.69 Å². The topological polar surface area (TPSA) is 63.0 Å². The van der Waals surface area contributed by atoms with Crippen molar-refractivity contribution in [2.24, 2.45) is 0 Å². The van der Waals surface area contributed by atoms with Crippen LogP contribution in [-0.2, 0) is 13.1 Å². The fourth-order valence-corrected chi connectivity index (χ4v) is 1.75. The molecule has 0 bridgehead atoms. The van der Waals surface area contributed by atoms with E-state index < -0.39 is 0 Å². The van der Waals surface area contributed by atoms with Crippen molar-refractivity contribution in [3.8, 4) is 0 Å². The fraction of sp³-hybridized carbons (Fsp3) is 0.385. The number of hydrogen-bond donors (Lipinski definition) is 2. The molecule has 0 radical (unpaired) electrons. The number of benzene rings is 1. The van der Waals surface area contributed by atoms with Crippen LogP contribution in [0, 0.1) is 0 Å². The highest BCUT2D eigenvalue weighted by Gasteiger charge is 2.05. The van der Waals surface area contributed by atoms with Gasteiger partial charge in [-0.1, -0.05) is 35.5 Å². The number of aliphatic hydroxyl groups excluding tert-OH is 1. The molecule has 5 heteroatoms. The van der Waals surface area contributed by atoms with Crippen LogP contribution in [0.1, 0.15) is 24.2 Å². The third-order valence-corrected chi connectivity index (χ3v) is 2.80. The van der Waals surface area contributed by atoms with Crippen LogP contribution in [0.4, 0.5) is 0 Å². The lowest BCUT2D eigenvalue weighted by Crippen LogP contribution is -2.18. The molecule has 1 heterocycles. The Morgan fingerprint density at radius 3 is 2.83 bits per heavy atom. The van der Waals surface area contributed by atoms with Crippen molar-refractivity contribution in [1.29, 1.82) is 0 Å². The van der Waals surface area contributed by atoms with Crippen LogP contribution in [0.3, 0.4) is 0 Å². The number of hydrogen-bond acceptors (Lipinski definition) is 4. The second-order valence-corrected chi connectivity index (χ2v) is 4.21. The summed E-state index contributed by atoms with van der Waals surface area (Å²) in [5.41, 5.74) is 2.13. The Morgan fingerprint density at radius 2 is 2.11 bits per heavy atom. The predicted octanol–water partition coefficient (Wildman–Crippen LogP) is 1.12. The Kier molecular flexibility index (Phi) is 4.44. The van der Waals surface area contributed by atoms with Gasteiger partial charge in [0.1, 0.15) is 0 Å². The van der Waals surface area contributed by atoms with Gasteiger partial charge in [0.15, 0.2) is 0 Å². The number of aromatic nitrogens is 3. The summed E-state index contributed by atoms with van der Waals surface area (Å²) in [6, 6.07) is 10.5. The second-order valence-electron chi connectivity index (χ2n) is 4.21. The molecule has 2 aromatic rings. The van der Waals surface area contributed by atoms with E-state index in [0.29, 0.717) is 13.1 Å². The molecule has 1 aromatic carbocycles. The Balaban J connectivity index is 1.87. The summed E-state index contributed by atoms with van der Waals surface area (Å²) in [6.45, 7) is 3.35. The lowest BCUT2D eigenvalue weighted by Gasteiger charge is -2.12. The van der Waals surface area contributed by atoms with E-state index in [-0.39, 0.29) is 12.6 Å². The van der Waals surface area contributed by atoms with Crippen LogP contribution in [-0.4, -0.2) is 26.7 Å². The second kappa shape index (κ2) is 6.28. The maximum Gasteiger partial charge on any atom is 0.0965 e. The first-order chi connectivity index (χ1) is 8.79. The fourth-order valence-electron chi connectivity index (χ4n) is 1.75. The molecule has 1 atom stereocenters. The Hall–Kier alpha value is -1.72. The standard InChI is InChI=1S/C13H18N4O/c1-11(12-5-3-2-4-6-12)14-9-13-10-17(7-8-18)16-15-13/h2-6,10-11,14,18H,7-9H2,1H3/t11-/m1/s1. The smallest absolute Gasteiger partial charge is 0.0965 e. The number of nitrogens with zero attached hydrogens (tertiary/aromatic N) is 3. The predicted molar refractivity (Wildman–Crippen MR) is 68.8 cm³/mol. The number of aliphatic hydroxyl groups is 1. The van der Waals surface area contributed by atoms with E-state index >= 15 is 0 Å². The van der Waals surface area contributed by atoms with Crippen LogP contribution in [0.5, 0.6) is 0 Å². The van der Waals surface area contributed by atoms with E-state index in [9.17, 15) is 0 Å². The average Bonchev–Trinajstić information content (AvgIpc) is 2.85. The summed E-state index contributed by atoms with van der Waals surface area (Å²) in [7, 11) is 0. The van der Waals surface area contributed by atoms with Gasteiger partial charge in [0.25, 0.3) is 0 Å². The van der Waals surface area contributed by atoms with Crippen LogP contribution in [0.2, 0.25) is 0 Å². The number of nitrogens with one attached hydrogen (secondary N) is 1. The zero-order valence-electron chi connectivity index (χ0n) is 10.5. The first-order valence-electron chi connectivity index (χ1n) is 6.08. The lowest BCUT2D eigenvalue weighted by atomic mass is 10.1. The van der Waals surface area contributed by atoms with Gasteiger partial charge in [-0.15, -0.1) is 5.10 Å². The molecule has 0 unspecified atom stereocenters. The maximum atomic E-state index is 8.79. The molecule has 2 rings (SSSR count). The van der Waals surface area contributed by atoms with Crippen molar-refractivity contribution >= 4 is 0 Å². The highest BCUT2D eigenvalue weighted by atomic mass is 16.3. The van der Waals surface area contributed by atoms with E-state index in [2.05, 4.69) is 34.7 Å². The molecule has 0 spiro atoms. The molecule has 18 heavy (non-hydrogen) atoms. The molecule has 0 fully saturated rings. The monoisotopic (exact) mass is 246 g/mol. The molecule has 0 aliphatic heterocycles. The third kappa shape index (κ3) is 3.38. The van der Waals surface area contributed by atoms with Gasteiger partial charge in [-0.05, 0) is 12.5 Å². The molecule has 0 amide bonds. The summed E-state index contributed by atoms with van der Waals surface area (Å²) in [5, 5.41) is 20.1. The molecule has 5 nitrogen and oxygen atoms in total. The molecule has 96 valence electrons. The molecule has 0 aliphatic carbocycles. The molecular formula is C13H18N4O. The zero-order valence-corrected chi connectivity index (χ0v) is 10.5. The van der Waals surface area contributed by atoms with Gasteiger partial charge in [0, 0.05) is 18.8 Å². The maximum absolute atomic E-state index is 8.79. The van der Waals surface area contributed by atoms with Gasteiger partial charge in [0.2, 0.25) is 0 Å². The van der Waals surface area contributed by atoms with E-state index in [1.807, 2.05) is 24.4 Å². The van der Waals surface area contributed by atoms with Gasteiger partial charge in [-0.2, -0.15) is 0 Å². The van der Waals surface area contributed by atoms with Gasteiger partial charge >= 0.3 is 0 Å². The highest BCUT2D eigenvalue weighted by molar-refractivity contribution is 5.18. The van der Waals surface area contributed by atoms with Crippen LogP contribution < -0.4 is 5.32 Å². The van der Waals surface area contributed by atoms with Crippen molar-refractivity contribution in [1.82, 2.24) is 20.3 Å². The van der Waals surface area contributed by atoms with Crippen LogP contribution in [0.15, 0.2) is 36.5 Å². The molecule has 1 aromatic heterocycles. The summed E-state index contributed by atoms with van der Waals surface area (Å²) in [6.07, 6.45) is 1.85. The Bertz CT molecular complexity index is 469. The van der Waals surface area contributed by atoms with Gasteiger partial charge in [-0.3, -0.25) is 0 Å². The van der Waals surface area contributed by atoms with E-state index in [1.54, 1.807) is 4.68 Å². The largest absolute Gasteiger partial charge is 0.394 e. The average molecular weight is 246 g/mol. The summed E-state index contributed by atoms with van der Waals surface area (Å²) < 4.78 is 1.64. The minimum absolute atomic E-state index is 0.0800. The van der Waals surface area contributed by atoms with Crippen molar-refractivity contribution in [2.45, 2.75) is 26.1 Å². The summed E-state index contributed by atoms with van der Waals surface area (Å²) in [4.78, 5) is 0. The molecule has 0 saturated carbocycles. The SMILES string of the molecule is C[C@@H](NCc1cn(CCO)nn1)c1ccccc1. The Labute approximate surface area is 106 Å². The minimum atomic E-state index is 0.0800. The van der Waals surface area contributed by atoms with Crippen molar-refractivity contribution in [3.63, 3.8) is 0 Å². The van der Waals surface area contributed by atoms with Gasteiger partial charge < -0.3 is 10.4 Å². The molecular weight excluding hydrogens is 228 g/mol. The number of rotatable bonds is 6. The van der Waals surface area contributed by atoms with E-state index in [4.69, 9.17) is 5.11 Å². The van der Waals surface area contributed by atoms with Crippen molar-refractivity contribution in [3.05, 3.63) is 47.8 Å². The summed E-state index contributed by atoms with van der Waals surface area (Å²) in [5.74, 6) is 0. The normalized spacial score (nSPS) is 12.6. The molecule has 2 N–H and O–H groups in total. The van der Waals surface area contributed by atoms with Crippen molar-refractivity contribution < 1.29 is 5.11 Å². The first kappa shape index (κ1) is 12.7. The highest BCUT2D eigenvalue weighted by Crippen LogP contribution is 2.11. The summed E-state index contributed by atoms with van der Waals surface area (Å²) >= 11 is 0. The van der Waals surface area contributed by atoms with Gasteiger partial charge in [-0.25, -0.2) is 4.68 Å². The molecule has 0 saturated heterocycles. The van der Waals surface area contributed by atoms with E-state index in [1.165, 1.54) is 5.56 Å². The van der Waals surface area contributed by atoms with Crippen molar-refractivity contribution in [2.75, 3.05) is 6.61 Å². The lowest BCUT2D eigenvalue weighted by molar-refractivity contribution is 0.268. The Morgan fingerprint density at radius 1 is 1.33 bits per heavy atom. The van der Waals surface area contributed by atoms with Crippen LogP contribution >= 0.6 is 0 Å². The minimum Gasteiger partial charge on any atom is -0.394 e. The first-order valence-corrected chi connectivity index (χ1v) is 6.08. The molecule has 0 aliphatic rings. The van der Waals surface area contributed by atoms with Gasteiger partial charge in [0.05, 0.1) is 18.8 Å².